The van der Waals surface area contributed by atoms with E-state index in [1.165, 1.54) is 54.4 Å². The lowest BCUT2D eigenvalue weighted by Gasteiger charge is -2.35. The predicted molar refractivity (Wildman–Crippen MR) is 151 cm³/mol. The first kappa shape index (κ1) is 25.9. The number of fused-ring (bicyclic) bond motifs is 3. The number of nitrogens with zero attached hydrogens (tertiary/aromatic N) is 2. The number of rotatable bonds is 8. The Bertz CT molecular complexity index is 1340. The van der Waals surface area contributed by atoms with Crippen LogP contribution in [0.4, 0.5) is 0 Å². The molecular weight excluding hydrogens is 488 g/mol. The van der Waals surface area contributed by atoms with E-state index >= 15 is 0 Å². The largest absolute Gasteiger partial charge is 0.485 e. The second-order valence-corrected chi connectivity index (χ2v) is 11.5. The fourth-order valence-electron chi connectivity index (χ4n) is 6.81. The van der Waals surface area contributed by atoms with Gasteiger partial charge in [-0.2, -0.15) is 0 Å². The standard InChI is InChI=1S/C33H38N2O4/c1-21(33(36)37)16-22-6-7-23-9-13-30(39-31(23)17-22)25-8-12-29(24-14-15-34-32(19-24)38-2)26(18-25)20-35-27-4-3-5-28(35)11-10-27/h6-8,12,14-15,17-19,21,27-28,30H,3-5,9-11,13,16,20H2,1-2H3,(H,36,37)/t21-,27?,28?,30-/m0/s1. The molecule has 0 amide bonds. The highest BCUT2D eigenvalue weighted by atomic mass is 16.5. The third-order valence-corrected chi connectivity index (χ3v) is 8.99. The summed E-state index contributed by atoms with van der Waals surface area (Å²) in [6.45, 7) is 2.70. The van der Waals surface area contributed by atoms with Crippen LogP contribution in [0, 0.1) is 5.92 Å². The van der Waals surface area contributed by atoms with Crippen molar-refractivity contribution in [1.82, 2.24) is 9.88 Å². The molecule has 6 nitrogen and oxygen atoms in total. The van der Waals surface area contributed by atoms with Gasteiger partial charge in [-0.05, 0) is 90.5 Å². The molecule has 0 spiro atoms. The molecule has 0 saturated carbocycles. The zero-order valence-electron chi connectivity index (χ0n) is 22.9. The molecule has 2 saturated heterocycles. The van der Waals surface area contributed by atoms with Crippen molar-refractivity contribution in [2.24, 2.45) is 5.92 Å². The predicted octanol–water partition coefficient (Wildman–Crippen LogP) is 6.60. The molecule has 1 aromatic heterocycles. The molecular formula is C33H38N2O4. The van der Waals surface area contributed by atoms with Gasteiger partial charge >= 0.3 is 5.97 Å². The second-order valence-electron chi connectivity index (χ2n) is 11.5. The molecule has 3 aliphatic rings. The number of piperidine rings is 1. The van der Waals surface area contributed by atoms with Crippen molar-refractivity contribution in [2.45, 2.75) is 83.0 Å². The number of aromatic nitrogens is 1. The fraction of sp³-hybridized carbons (Fsp3) is 0.455. The number of aliphatic carboxylic acids is 1. The lowest BCUT2D eigenvalue weighted by Crippen LogP contribution is -2.39. The summed E-state index contributed by atoms with van der Waals surface area (Å²) in [5, 5.41) is 9.34. The first-order valence-corrected chi connectivity index (χ1v) is 14.4. The summed E-state index contributed by atoms with van der Waals surface area (Å²) in [5.41, 5.74) is 7.09. The van der Waals surface area contributed by atoms with E-state index in [0.29, 0.717) is 24.4 Å². The maximum absolute atomic E-state index is 11.4. The van der Waals surface area contributed by atoms with Crippen molar-refractivity contribution < 1.29 is 19.4 Å². The molecule has 2 fully saturated rings. The van der Waals surface area contributed by atoms with Crippen molar-refractivity contribution in [2.75, 3.05) is 7.11 Å². The lowest BCUT2D eigenvalue weighted by atomic mass is 9.91. The Kier molecular flexibility index (Phi) is 7.30. The average Bonchev–Trinajstić information content (AvgIpc) is 3.16. The SMILES string of the molecule is COc1cc(-c2ccc([C@@H]3CCc4ccc(C[C@H](C)C(=O)O)cc4O3)cc2CN2C3CCCC2CC3)ccn1. The Morgan fingerprint density at radius 2 is 1.90 bits per heavy atom. The van der Waals surface area contributed by atoms with Gasteiger partial charge in [-0.1, -0.05) is 43.7 Å². The van der Waals surface area contributed by atoms with E-state index in [2.05, 4.69) is 40.2 Å². The second kappa shape index (κ2) is 11.0. The van der Waals surface area contributed by atoms with Crippen LogP contribution in [-0.2, 0) is 24.2 Å². The Hall–Kier alpha value is -3.38. The summed E-state index contributed by atoms with van der Waals surface area (Å²) in [5.74, 6) is 0.322. The number of carboxylic acids is 1. The van der Waals surface area contributed by atoms with E-state index in [1.54, 1.807) is 14.0 Å². The summed E-state index contributed by atoms with van der Waals surface area (Å²) >= 11 is 0. The maximum Gasteiger partial charge on any atom is 0.306 e. The minimum absolute atomic E-state index is 0.0255. The average molecular weight is 527 g/mol. The number of pyridine rings is 1. The highest BCUT2D eigenvalue weighted by Crippen LogP contribution is 2.40. The zero-order valence-corrected chi connectivity index (χ0v) is 22.9. The molecule has 1 N–H and O–H groups in total. The topological polar surface area (TPSA) is 71.9 Å². The van der Waals surface area contributed by atoms with E-state index in [9.17, 15) is 9.90 Å². The summed E-state index contributed by atoms with van der Waals surface area (Å²) in [6.07, 6.45) is 10.8. The molecule has 2 bridgehead atoms. The normalized spacial score (nSPS) is 23.1. The Morgan fingerprint density at radius 1 is 1.08 bits per heavy atom. The molecule has 6 heteroatoms. The molecule has 4 atom stereocenters. The molecule has 2 unspecified atom stereocenters. The number of benzene rings is 2. The van der Waals surface area contributed by atoms with Crippen molar-refractivity contribution in [1.29, 1.82) is 0 Å². The Labute approximate surface area is 231 Å². The van der Waals surface area contributed by atoms with E-state index in [-0.39, 0.29) is 6.10 Å². The molecule has 0 radical (unpaired) electrons. The molecule has 6 rings (SSSR count). The van der Waals surface area contributed by atoms with Gasteiger partial charge in [0.2, 0.25) is 5.88 Å². The molecule has 3 aliphatic heterocycles. The Balaban J connectivity index is 1.30. The quantitative estimate of drug-likeness (QED) is 0.356. The van der Waals surface area contributed by atoms with Crippen molar-refractivity contribution in [3.8, 4) is 22.8 Å². The van der Waals surface area contributed by atoms with Gasteiger partial charge in [0.05, 0.1) is 13.0 Å². The number of ether oxygens (including phenoxy) is 2. The third kappa shape index (κ3) is 5.40. The van der Waals surface area contributed by atoms with Gasteiger partial charge in [0.1, 0.15) is 11.9 Å². The number of methoxy groups -OCH3 is 1. The first-order valence-electron chi connectivity index (χ1n) is 14.4. The summed E-state index contributed by atoms with van der Waals surface area (Å²) in [6, 6.07) is 18.5. The summed E-state index contributed by atoms with van der Waals surface area (Å²) in [7, 11) is 1.66. The summed E-state index contributed by atoms with van der Waals surface area (Å²) < 4.78 is 12.0. The van der Waals surface area contributed by atoms with Crippen LogP contribution in [0.2, 0.25) is 0 Å². The monoisotopic (exact) mass is 526 g/mol. The third-order valence-electron chi connectivity index (χ3n) is 8.99. The van der Waals surface area contributed by atoms with Crippen molar-refractivity contribution in [3.63, 3.8) is 0 Å². The van der Waals surface area contributed by atoms with Gasteiger partial charge in [0, 0.05) is 30.9 Å². The van der Waals surface area contributed by atoms with Crippen molar-refractivity contribution in [3.05, 3.63) is 77.0 Å². The Morgan fingerprint density at radius 3 is 2.67 bits per heavy atom. The molecule has 204 valence electrons. The lowest BCUT2D eigenvalue weighted by molar-refractivity contribution is -0.141. The maximum atomic E-state index is 11.4. The van der Waals surface area contributed by atoms with Crippen LogP contribution in [0.3, 0.4) is 0 Å². The van der Waals surface area contributed by atoms with Gasteiger partial charge < -0.3 is 14.6 Å². The van der Waals surface area contributed by atoms with E-state index < -0.39 is 11.9 Å². The van der Waals surface area contributed by atoms with Crippen LogP contribution in [0.1, 0.15) is 73.8 Å². The van der Waals surface area contributed by atoms with Gasteiger partial charge in [-0.3, -0.25) is 9.69 Å². The van der Waals surface area contributed by atoms with Gasteiger partial charge in [0.25, 0.3) is 0 Å². The minimum atomic E-state index is -0.770. The van der Waals surface area contributed by atoms with Crippen LogP contribution in [-0.4, -0.2) is 40.2 Å². The molecule has 39 heavy (non-hydrogen) atoms. The van der Waals surface area contributed by atoms with Gasteiger partial charge in [-0.15, -0.1) is 0 Å². The van der Waals surface area contributed by atoms with E-state index in [4.69, 9.17) is 9.47 Å². The van der Waals surface area contributed by atoms with Crippen LogP contribution in [0.5, 0.6) is 11.6 Å². The number of aryl methyl sites for hydroxylation is 1. The number of hydrogen-bond donors (Lipinski definition) is 1. The zero-order chi connectivity index (χ0) is 26.9. The van der Waals surface area contributed by atoms with Crippen molar-refractivity contribution >= 4 is 5.97 Å². The minimum Gasteiger partial charge on any atom is -0.485 e. The highest BCUT2D eigenvalue weighted by molar-refractivity contribution is 5.70. The van der Waals surface area contributed by atoms with Crippen LogP contribution < -0.4 is 9.47 Å². The molecule has 0 aliphatic carbocycles. The smallest absolute Gasteiger partial charge is 0.306 e. The number of carbonyl (C=O) groups is 1. The van der Waals surface area contributed by atoms with Gasteiger partial charge in [-0.25, -0.2) is 4.98 Å². The van der Waals surface area contributed by atoms with Crippen LogP contribution in [0.25, 0.3) is 11.1 Å². The highest BCUT2D eigenvalue weighted by Gasteiger charge is 2.36. The fourth-order valence-corrected chi connectivity index (χ4v) is 6.81. The van der Waals surface area contributed by atoms with Crippen LogP contribution >= 0.6 is 0 Å². The molecule has 4 heterocycles. The summed E-state index contributed by atoms with van der Waals surface area (Å²) in [4.78, 5) is 18.4. The number of hydrogen-bond acceptors (Lipinski definition) is 5. The van der Waals surface area contributed by atoms with E-state index in [1.807, 2.05) is 24.4 Å². The molecule has 3 aromatic rings. The van der Waals surface area contributed by atoms with Gasteiger partial charge in [0.15, 0.2) is 0 Å². The number of carboxylic acid groups (broad SMARTS) is 1. The first-order chi connectivity index (χ1) is 19.0. The molecule has 2 aromatic carbocycles. The van der Waals surface area contributed by atoms with Crippen LogP contribution in [0.15, 0.2) is 54.7 Å². The van der Waals surface area contributed by atoms with E-state index in [0.717, 1.165) is 36.3 Å².